The monoisotopic (exact) mass is 305 g/mol. The molecule has 2 atom stereocenters. The minimum absolute atomic E-state index is 0.0778. The standard InChI is InChI=1S/C18H27NO3/c1-3-5-14(2)12-18(20)19-15-7-9-16(10-8-15)22-13-17-6-4-11-21-17/h7-10,14,17H,3-6,11-13H2,1-2H3,(H,19,20). The minimum atomic E-state index is 0.0778. The van der Waals surface area contributed by atoms with Gasteiger partial charge in [-0.15, -0.1) is 0 Å². The Morgan fingerprint density at radius 1 is 1.41 bits per heavy atom. The van der Waals surface area contributed by atoms with Crippen LogP contribution in [0.25, 0.3) is 0 Å². The number of amides is 1. The van der Waals surface area contributed by atoms with E-state index in [0.717, 1.165) is 43.7 Å². The van der Waals surface area contributed by atoms with Gasteiger partial charge in [-0.3, -0.25) is 4.79 Å². The Balaban J connectivity index is 1.74. The van der Waals surface area contributed by atoms with Crippen molar-refractivity contribution >= 4 is 11.6 Å². The number of nitrogens with one attached hydrogen (secondary N) is 1. The summed E-state index contributed by atoms with van der Waals surface area (Å²) in [6.07, 6.45) is 5.19. The van der Waals surface area contributed by atoms with E-state index in [1.54, 1.807) is 0 Å². The first-order chi connectivity index (χ1) is 10.7. The molecule has 0 radical (unpaired) electrons. The van der Waals surface area contributed by atoms with Crippen LogP contribution in [-0.4, -0.2) is 25.2 Å². The van der Waals surface area contributed by atoms with Gasteiger partial charge in [0.05, 0.1) is 6.10 Å². The molecule has 1 aromatic carbocycles. The molecule has 0 aromatic heterocycles. The minimum Gasteiger partial charge on any atom is -0.491 e. The van der Waals surface area contributed by atoms with Crippen molar-refractivity contribution in [2.75, 3.05) is 18.5 Å². The second-order valence-electron chi connectivity index (χ2n) is 6.12. The van der Waals surface area contributed by atoms with Crippen molar-refractivity contribution in [3.05, 3.63) is 24.3 Å². The molecule has 0 bridgehead atoms. The van der Waals surface area contributed by atoms with Gasteiger partial charge in [-0.05, 0) is 43.0 Å². The molecular weight excluding hydrogens is 278 g/mol. The summed E-state index contributed by atoms with van der Waals surface area (Å²) in [6.45, 7) is 5.70. The van der Waals surface area contributed by atoms with Crippen LogP contribution in [0.4, 0.5) is 5.69 Å². The summed E-state index contributed by atoms with van der Waals surface area (Å²) in [5.41, 5.74) is 0.818. The first kappa shape index (κ1) is 16.8. The molecule has 1 amide bonds. The molecular formula is C18H27NO3. The molecule has 1 saturated heterocycles. The highest BCUT2D eigenvalue weighted by Crippen LogP contribution is 2.19. The van der Waals surface area contributed by atoms with Gasteiger partial charge in [-0.25, -0.2) is 0 Å². The fourth-order valence-electron chi connectivity index (χ4n) is 2.72. The van der Waals surface area contributed by atoms with Gasteiger partial charge in [-0.2, -0.15) is 0 Å². The van der Waals surface area contributed by atoms with Crippen molar-refractivity contribution in [3.63, 3.8) is 0 Å². The molecule has 1 heterocycles. The predicted octanol–water partition coefficient (Wildman–Crippen LogP) is 4.01. The van der Waals surface area contributed by atoms with E-state index in [-0.39, 0.29) is 12.0 Å². The Kier molecular flexibility index (Phi) is 6.72. The molecule has 122 valence electrons. The third-order valence-corrected chi connectivity index (χ3v) is 3.91. The first-order valence-corrected chi connectivity index (χ1v) is 8.31. The summed E-state index contributed by atoms with van der Waals surface area (Å²) in [4.78, 5) is 11.9. The summed E-state index contributed by atoms with van der Waals surface area (Å²) in [6, 6.07) is 7.54. The lowest BCUT2D eigenvalue weighted by atomic mass is 10.0. The van der Waals surface area contributed by atoms with Crippen LogP contribution < -0.4 is 10.1 Å². The molecule has 0 aliphatic carbocycles. The molecule has 22 heavy (non-hydrogen) atoms. The summed E-state index contributed by atoms with van der Waals surface area (Å²) < 4.78 is 11.2. The molecule has 4 heteroatoms. The Morgan fingerprint density at radius 2 is 2.18 bits per heavy atom. The van der Waals surface area contributed by atoms with Gasteiger partial charge >= 0.3 is 0 Å². The smallest absolute Gasteiger partial charge is 0.224 e. The molecule has 1 aliphatic heterocycles. The highest BCUT2D eigenvalue weighted by Gasteiger charge is 2.16. The van der Waals surface area contributed by atoms with E-state index in [1.165, 1.54) is 0 Å². The second-order valence-corrected chi connectivity index (χ2v) is 6.12. The molecule has 0 spiro atoms. The van der Waals surface area contributed by atoms with Crippen LogP contribution in [0.5, 0.6) is 5.75 Å². The van der Waals surface area contributed by atoms with Crippen LogP contribution in [0.1, 0.15) is 46.0 Å². The third kappa shape index (κ3) is 5.68. The average molecular weight is 305 g/mol. The van der Waals surface area contributed by atoms with Crippen LogP contribution in [-0.2, 0) is 9.53 Å². The molecule has 1 N–H and O–H groups in total. The van der Waals surface area contributed by atoms with E-state index in [1.807, 2.05) is 24.3 Å². The topological polar surface area (TPSA) is 47.6 Å². The number of hydrogen-bond donors (Lipinski definition) is 1. The Labute approximate surface area is 133 Å². The highest BCUT2D eigenvalue weighted by molar-refractivity contribution is 5.90. The lowest BCUT2D eigenvalue weighted by molar-refractivity contribution is -0.117. The Morgan fingerprint density at radius 3 is 2.82 bits per heavy atom. The van der Waals surface area contributed by atoms with E-state index < -0.39 is 0 Å². The zero-order chi connectivity index (χ0) is 15.8. The van der Waals surface area contributed by atoms with Crippen molar-refractivity contribution in [2.24, 2.45) is 5.92 Å². The van der Waals surface area contributed by atoms with Gasteiger partial charge in [0.1, 0.15) is 12.4 Å². The zero-order valence-corrected chi connectivity index (χ0v) is 13.6. The summed E-state index contributed by atoms with van der Waals surface area (Å²) >= 11 is 0. The van der Waals surface area contributed by atoms with Gasteiger partial charge in [-0.1, -0.05) is 26.7 Å². The summed E-state index contributed by atoms with van der Waals surface area (Å²) in [5, 5.41) is 2.94. The van der Waals surface area contributed by atoms with Gasteiger partial charge in [0.2, 0.25) is 5.91 Å². The van der Waals surface area contributed by atoms with Crippen molar-refractivity contribution in [2.45, 2.75) is 52.1 Å². The van der Waals surface area contributed by atoms with Crippen molar-refractivity contribution < 1.29 is 14.3 Å². The number of carbonyl (C=O) groups is 1. The quantitative estimate of drug-likeness (QED) is 0.789. The number of carbonyl (C=O) groups excluding carboxylic acids is 1. The Bertz CT molecular complexity index is 452. The first-order valence-electron chi connectivity index (χ1n) is 8.31. The molecule has 1 aromatic rings. The van der Waals surface area contributed by atoms with Gasteiger partial charge < -0.3 is 14.8 Å². The molecule has 4 nitrogen and oxygen atoms in total. The lowest BCUT2D eigenvalue weighted by Crippen LogP contribution is -2.16. The number of benzene rings is 1. The van der Waals surface area contributed by atoms with Crippen molar-refractivity contribution in [3.8, 4) is 5.75 Å². The van der Waals surface area contributed by atoms with Crippen LogP contribution >= 0.6 is 0 Å². The Hall–Kier alpha value is -1.55. The zero-order valence-electron chi connectivity index (χ0n) is 13.6. The van der Waals surface area contributed by atoms with E-state index >= 15 is 0 Å². The van der Waals surface area contributed by atoms with Gasteiger partial charge in [0.15, 0.2) is 0 Å². The van der Waals surface area contributed by atoms with Crippen molar-refractivity contribution in [1.82, 2.24) is 0 Å². The fourth-order valence-corrected chi connectivity index (χ4v) is 2.72. The molecule has 0 saturated carbocycles. The summed E-state index contributed by atoms with van der Waals surface area (Å²) in [7, 11) is 0. The number of anilines is 1. The van der Waals surface area contributed by atoms with Gasteiger partial charge in [0, 0.05) is 18.7 Å². The molecule has 2 unspecified atom stereocenters. The van der Waals surface area contributed by atoms with E-state index in [4.69, 9.17) is 9.47 Å². The SMILES string of the molecule is CCCC(C)CC(=O)Nc1ccc(OCC2CCCO2)cc1. The number of rotatable bonds is 8. The van der Waals surface area contributed by atoms with E-state index in [0.29, 0.717) is 18.9 Å². The van der Waals surface area contributed by atoms with Crippen LogP contribution in [0, 0.1) is 5.92 Å². The van der Waals surface area contributed by atoms with Crippen LogP contribution in [0.2, 0.25) is 0 Å². The maximum absolute atomic E-state index is 11.9. The maximum Gasteiger partial charge on any atom is 0.224 e. The van der Waals surface area contributed by atoms with Crippen LogP contribution in [0.15, 0.2) is 24.3 Å². The second kappa shape index (κ2) is 8.79. The molecule has 2 rings (SSSR count). The van der Waals surface area contributed by atoms with Gasteiger partial charge in [0.25, 0.3) is 0 Å². The predicted molar refractivity (Wildman–Crippen MR) is 88.2 cm³/mol. The van der Waals surface area contributed by atoms with Crippen molar-refractivity contribution in [1.29, 1.82) is 0 Å². The summed E-state index contributed by atoms with van der Waals surface area (Å²) in [5.74, 6) is 1.32. The highest BCUT2D eigenvalue weighted by atomic mass is 16.5. The molecule has 1 aliphatic rings. The van der Waals surface area contributed by atoms with E-state index in [2.05, 4.69) is 19.2 Å². The normalized spacial score (nSPS) is 18.9. The number of ether oxygens (including phenoxy) is 2. The molecule has 1 fully saturated rings. The maximum atomic E-state index is 11.9. The average Bonchev–Trinajstić information content (AvgIpc) is 3.00. The number of hydrogen-bond acceptors (Lipinski definition) is 3. The van der Waals surface area contributed by atoms with E-state index in [9.17, 15) is 4.79 Å². The van der Waals surface area contributed by atoms with Crippen LogP contribution in [0.3, 0.4) is 0 Å². The largest absolute Gasteiger partial charge is 0.491 e. The lowest BCUT2D eigenvalue weighted by Gasteiger charge is -2.13. The fraction of sp³-hybridized carbons (Fsp3) is 0.611. The third-order valence-electron chi connectivity index (χ3n) is 3.91.